The summed E-state index contributed by atoms with van der Waals surface area (Å²) in [6.45, 7) is 2.81. The van der Waals surface area contributed by atoms with Crippen LogP contribution in [0.25, 0.3) is 10.9 Å². The van der Waals surface area contributed by atoms with Crippen LogP contribution in [0.5, 0.6) is 5.75 Å². The lowest BCUT2D eigenvalue weighted by atomic mass is 10.2. The Labute approximate surface area is 146 Å². The Bertz CT molecular complexity index is 778. The van der Waals surface area contributed by atoms with Crippen molar-refractivity contribution >= 4 is 28.5 Å². The molecule has 0 unspecified atom stereocenters. The average molecular weight is 345 g/mol. The third-order valence-corrected chi connectivity index (χ3v) is 4.51. The maximum atomic E-state index is 12.4. The van der Waals surface area contributed by atoms with Gasteiger partial charge in [-0.15, -0.1) is 0 Å². The minimum atomic E-state index is -0.534. The molecule has 1 aromatic carbocycles. The Morgan fingerprint density at radius 3 is 2.68 bits per heavy atom. The molecule has 2 N–H and O–H groups in total. The van der Waals surface area contributed by atoms with E-state index in [2.05, 4.69) is 15.2 Å². The second-order valence-electron chi connectivity index (χ2n) is 6.10. The van der Waals surface area contributed by atoms with Crippen molar-refractivity contribution in [1.29, 1.82) is 0 Å². The van der Waals surface area contributed by atoms with E-state index in [4.69, 9.17) is 9.47 Å². The molecule has 0 spiro atoms. The average Bonchev–Trinajstić information content (AvgIpc) is 3.27. The summed E-state index contributed by atoms with van der Waals surface area (Å²) in [4.78, 5) is 29.8. The van der Waals surface area contributed by atoms with Gasteiger partial charge in [0.2, 0.25) is 5.91 Å². The number of hydrogen-bond donors (Lipinski definition) is 2. The van der Waals surface area contributed by atoms with Crippen LogP contribution >= 0.6 is 0 Å². The van der Waals surface area contributed by atoms with Gasteiger partial charge in [0, 0.05) is 13.0 Å². The third kappa shape index (κ3) is 3.61. The predicted molar refractivity (Wildman–Crippen MR) is 95.1 cm³/mol. The Morgan fingerprint density at radius 1 is 1.24 bits per heavy atom. The molecule has 1 fully saturated rings. The zero-order valence-corrected chi connectivity index (χ0v) is 14.6. The number of anilines is 1. The van der Waals surface area contributed by atoms with Crippen LogP contribution in [0, 0.1) is 0 Å². The molecule has 1 aliphatic rings. The molecule has 1 aliphatic heterocycles. The first kappa shape index (κ1) is 17.3. The van der Waals surface area contributed by atoms with Crippen molar-refractivity contribution < 1.29 is 19.1 Å². The molecule has 25 heavy (non-hydrogen) atoms. The molecule has 1 amide bonds. The quantitative estimate of drug-likeness (QED) is 0.786. The van der Waals surface area contributed by atoms with Gasteiger partial charge >= 0.3 is 5.97 Å². The summed E-state index contributed by atoms with van der Waals surface area (Å²) in [5.74, 6) is -0.0873. The number of aromatic nitrogens is 1. The van der Waals surface area contributed by atoms with Crippen molar-refractivity contribution in [2.45, 2.75) is 19.3 Å². The smallest absolute Gasteiger partial charge is 0.356 e. The minimum Gasteiger partial charge on any atom is -0.496 e. The van der Waals surface area contributed by atoms with Gasteiger partial charge in [0.15, 0.2) is 0 Å². The molecule has 0 atom stereocenters. The monoisotopic (exact) mass is 345 g/mol. The van der Waals surface area contributed by atoms with Gasteiger partial charge in [-0.25, -0.2) is 4.79 Å². The van der Waals surface area contributed by atoms with Crippen LogP contribution < -0.4 is 10.1 Å². The molecule has 0 aliphatic carbocycles. The van der Waals surface area contributed by atoms with E-state index in [1.807, 2.05) is 12.1 Å². The fourth-order valence-corrected chi connectivity index (χ4v) is 3.23. The SMILES string of the molecule is COC(=O)c1[nH]c2cccc(OC)c2c1NC(=O)CCN1CCCC1. The van der Waals surface area contributed by atoms with Gasteiger partial charge in [-0.05, 0) is 38.1 Å². The Kier molecular flexibility index (Phi) is 5.23. The molecule has 1 aromatic heterocycles. The number of H-pyrrole nitrogens is 1. The molecule has 2 aromatic rings. The molecule has 3 rings (SSSR count). The van der Waals surface area contributed by atoms with E-state index in [1.165, 1.54) is 20.0 Å². The normalized spacial score (nSPS) is 14.6. The van der Waals surface area contributed by atoms with Crippen LogP contribution in [-0.4, -0.2) is 55.6 Å². The summed E-state index contributed by atoms with van der Waals surface area (Å²) >= 11 is 0. The summed E-state index contributed by atoms with van der Waals surface area (Å²) in [5, 5.41) is 3.54. The van der Waals surface area contributed by atoms with Gasteiger partial charge in [0.05, 0.1) is 30.8 Å². The number of nitrogens with zero attached hydrogens (tertiary/aromatic N) is 1. The van der Waals surface area contributed by atoms with Gasteiger partial charge < -0.3 is 24.7 Å². The van der Waals surface area contributed by atoms with Crippen molar-refractivity contribution in [2.75, 3.05) is 39.2 Å². The van der Waals surface area contributed by atoms with Gasteiger partial charge in [0.25, 0.3) is 0 Å². The zero-order valence-electron chi connectivity index (χ0n) is 14.6. The highest BCUT2D eigenvalue weighted by Gasteiger charge is 2.23. The van der Waals surface area contributed by atoms with E-state index in [0.29, 0.717) is 28.8 Å². The fraction of sp³-hybridized carbons (Fsp3) is 0.444. The van der Waals surface area contributed by atoms with Crippen LogP contribution in [0.3, 0.4) is 0 Å². The number of methoxy groups -OCH3 is 2. The molecule has 1 saturated heterocycles. The molecule has 0 radical (unpaired) electrons. The second-order valence-corrected chi connectivity index (χ2v) is 6.10. The highest BCUT2D eigenvalue weighted by molar-refractivity contribution is 6.12. The lowest BCUT2D eigenvalue weighted by Gasteiger charge is -2.14. The summed E-state index contributed by atoms with van der Waals surface area (Å²) in [6, 6.07) is 5.43. The number of amides is 1. The largest absolute Gasteiger partial charge is 0.496 e. The standard InChI is InChI=1S/C18H23N3O4/c1-24-13-7-5-6-12-15(13)16(17(19-12)18(23)25-2)20-14(22)8-11-21-9-3-4-10-21/h5-7,19H,3-4,8-11H2,1-2H3,(H,20,22). The van der Waals surface area contributed by atoms with E-state index in [1.54, 1.807) is 13.2 Å². The zero-order chi connectivity index (χ0) is 17.8. The van der Waals surface area contributed by atoms with Crippen molar-refractivity contribution in [2.24, 2.45) is 0 Å². The Morgan fingerprint density at radius 2 is 2.00 bits per heavy atom. The number of carbonyl (C=O) groups is 2. The number of rotatable bonds is 6. The van der Waals surface area contributed by atoms with Gasteiger partial charge in [-0.1, -0.05) is 6.07 Å². The Hall–Kier alpha value is -2.54. The van der Waals surface area contributed by atoms with Gasteiger partial charge in [-0.3, -0.25) is 4.79 Å². The van der Waals surface area contributed by atoms with Crippen LogP contribution in [0.2, 0.25) is 0 Å². The fourth-order valence-electron chi connectivity index (χ4n) is 3.23. The van der Waals surface area contributed by atoms with Crippen molar-refractivity contribution in [3.8, 4) is 5.75 Å². The highest BCUT2D eigenvalue weighted by atomic mass is 16.5. The van der Waals surface area contributed by atoms with Crippen molar-refractivity contribution in [3.05, 3.63) is 23.9 Å². The highest BCUT2D eigenvalue weighted by Crippen LogP contribution is 2.35. The van der Waals surface area contributed by atoms with Crippen LogP contribution in [0.4, 0.5) is 5.69 Å². The third-order valence-electron chi connectivity index (χ3n) is 4.51. The molecular weight excluding hydrogens is 322 g/mol. The van der Waals surface area contributed by atoms with Crippen LogP contribution in [0.1, 0.15) is 29.8 Å². The molecule has 0 bridgehead atoms. The molecular formula is C18H23N3O4. The maximum Gasteiger partial charge on any atom is 0.356 e. The first-order valence-corrected chi connectivity index (χ1v) is 8.43. The lowest BCUT2D eigenvalue weighted by molar-refractivity contribution is -0.116. The number of hydrogen-bond acceptors (Lipinski definition) is 5. The van der Waals surface area contributed by atoms with E-state index in [-0.39, 0.29) is 11.6 Å². The summed E-state index contributed by atoms with van der Waals surface area (Å²) in [5.41, 5.74) is 1.33. The first-order chi connectivity index (χ1) is 12.1. The second kappa shape index (κ2) is 7.57. The summed E-state index contributed by atoms with van der Waals surface area (Å²) in [7, 11) is 2.86. The first-order valence-electron chi connectivity index (χ1n) is 8.43. The Balaban J connectivity index is 1.87. The lowest BCUT2D eigenvalue weighted by Crippen LogP contribution is -2.25. The number of benzene rings is 1. The number of ether oxygens (including phenoxy) is 2. The molecule has 2 heterocycles. The van der Waals surface area contributed by atoms with Gasteiger partial charge in [-0.2, -0.15) is 0 Å². The number of esters is 1. The van der Waals surface area contributed by atoms with Crippen LogP contribution in [-0.2, 0) is 9.53 Å². The van der Waals surface area contributed by atoms with Crippen LogP contribution in [0.15, 0.2) is 18.2 Å². The molecule has 7 heteroatoms. The summed E-state index contributed by atoms with van der Waals surface area (Å²) in [6.07, 6.45) is 2.75. The number of aromatic amines is 1. The molecule has 134 valence electrons. The molecule has 0 saturated carbocycles. The number of carbonyl (C=O) groups excluding carboxylic acids is 2. The topological polar surface area (TPSA) is 83.7 Å². The van der Waals surface area contributed by atoms with E-state index < -0.39 is 5.97 Å². The predicted octanol–water partition coefficient (Wildman–Crippen LogP) is 2.39. The molecule has 7 nitrogen and oxygen atoms in total. The van der Waals surface area contributed by atoms with E-state index in [0.717, 1.165) is 19.6 Å². The number of nitrogens with one attached hydrogen (secondary N) is 2. The van der Waals surface area contributed by atoms with Crippen molar-refractivity contribution in [3.63, 3.8) is 0 Å². The number of likely N-dealkylation sites (tertiary alicyclic amines) is 1. The van der Waals surface area contributed by atoms with Gasteiger partial charge in [0.1, 0.15) is 11.4 Å². The van der Waals surface area contributed by atoms with E-state index in [9.17, 15) is 9.59 Å². The van der Waals surface area contributed by atoms with E-state index >= 15 is 0 Å². The summed E-state index contributed by atoms with van der Waals surface area (Å²) < 4.78 is 10.2. The minimum absolute atomic E-state index is 0.135. The van der Waals surface area contributed by atoms with Crippen molar-refractivity contribution in [1.82, 2.24) is 9.88 Å². The number of fused-ring (bicyclic) bond motifs is 1. The maximum absolute atomic E-state index is 12.4.